The first-order valence-electron chi connectivity index (χ1n) is 7.58. The number of carbonyl (C=O) groups excluding carboxylic acids is 1. The van der Waals surface area contributed by atoms with Gasteiger partial charge in [-0.05, 0) is 25.8 Å². The van der Waals surface area contributed by atoms with Crippen LogP contribution in [0.4, 0.5) is 0 Å². The number of hydrogen-bond acceptors (Lipinski definition) is 2. The third-order valence-corrected chi connectivity index (χ3v) is 3.74. The van der Waals surface area contributed by atoms with Crippen LogP contribution < -0.4 is 5.32 Å². The molecule has 0 bridgehead atoms. The summed E-state index contributed by atoms with van der Waals surface area (Å²) >= 11 is 0. The zero-order valence-corrected chi connectivity index (χ0v) is 11.5. The summed E-state index contributed by atoms with van der Waals surface area (Å²) in [5.74, 6) is 0.472. The van der Waals surface area contributed by atoms with E-state index in [9.17, 15) is 4.79 Å². The van der Waals surface area contributed by atoms with Crippen molar-refractivity contribution in [1.29, 1.82) is 0 Å². The van der Waals surface area contributed by atoms with Crippen molar-refractivity contribution in [3.63, 3.8) is 0 Å². The molecule has 1 rings (SSSR count). The van der Waals surface area contributed by atoms with Crippen LogP contribution in [0.2, 0.25) is 0 Å². The summed E-state index contributed by atoms with van der Waals surface area (Å²) in [6.45, 7) is 3.29. The fourth-order valence-corrected chi connectivity index (χ4v) is 2.57. The van der Waals surface area contributed by atoms with Crippen LogP contribution in [0, 0.1) is 0 Å². The van der Waals surface area contributed by atoms with E-state index in [1.165, 1.54) is 44.9 Å². The Labute approximate surface area is 107 Å². The molecular weight excluding hydrogens is 210 g/mol. The summed E-state index contributed by atoms with van der Waals surface area (Å²) in [5, 5.41) is 3.59. The smallest absolute Gasteiger partial charge is 0.133 e. The summed E-state index contributed by atoms with van der Waals surface area (Å²) < 4.78 is 0. The van der Waals surface area contributed by atoms with Gasteiger partial charge in [0.1, 0.15) is 5.78 Å². The summed E-state index contributed by atoms with van der Waals surface area (Å²) in [6, 6.07) is 0.602. The lowest BCUT2D eigenvalue weighted by Crippen LogP contribution is -2.32. The predicted molar refractivity (Wildman–Crippen MR) is 73.3 cm³/mol. The monoisotopic (exact) mass is 239 g/mol. The maximum Gasteiger partial charge on any atom is 0.133 e. The van der Waals surface area contributed by atoms with E-state index in [0.717, 1.165) is 32.2 Å². The third kappa shape index (κ3) is 7.54. The summed E-state index contributed by atoms with van der Waals surface area (Å²) in [5.41, 5.74) is 0. The molecule has 1 heterocycles. The summed E-state index contributed by atoms with van der Waals surface area (Å²) in [7, 11) is 0. The first kappa shape index (κ1) is 14.7. The molecule has 0 aromatic carbocycles. The van der Waals surface area contributed by atoms with Gasteiger partial charge >= 0.3 is 0 Å². The first-order chi connectivity index (χ1) is 8.33. The zero-order chi connectivity index (χ0) is 12.3. The standard InChI is InChI=1S/C15H29NO/c1-2-3-4-5-6-7-9-14-11-12-15(17)10-8-13-16-14/h14,16H,2-13H2,1H3. The molecule has 1 N–H and O–H groups in total. The highest BCUT2D eigenvalue weighted by molar-refractivity contribution is 5.78. The maximum absolute atomic E-state index is 11.4. The molecule has 1 fully saturated rings. The summed E-state index contributed by atoms with van der Waals surface area (Å²) in [6.07, 6.45) is 13.1. The van der Waals surface area contributed by atoms with Crippen molar-refractivity contribution in [2.75, 3.05) is 6.54 Å². The molecule has 2 nitrogen and oxygen atoms in total. The van der Waals surface area contributed by atoms with E-state index in [-0.39, 0.29) is 0 Å². The number of rotatable bonds is 7. The number of hydrogen-bond donors (Lipinski definition) is 1. The minimum Gasteiger partial charge on any atom is -0.314 e. The number of ketones is 1. The van der Waals surface area contributed by atoms with Crippen molar-refractivity contribution in [1.82, 2.24) is 5.32 Å². The molecule has 0 aromatic heterocycles. The largest absolute Gasteiger partial charge is 0.314 e. The minimum absolute atomic E-state index is 0.472. The van der Waals surface area contributed by atoms with Gasteiger partial charge in [-0.2, -0.15) is 0 Å². The Balaban J connectivity index is 2.02. The second kappa shape index (κ2) is 9.64. The lowest BCUT2D eigenvalue weighted by Gasteiger charge is -2.20. The fourth-order valence-electron chi connectivity index (χ4n) is 2.57. The van der Waals surface area contributed by atoms with Crippen molar-refractivity contribution < 1.29 is 4.79 Å². The van der Waals surface area contributed by atoms with Crippen LogP contribution in [-0.2, 0) is 4.79 Å². The Kier molecular flexibility index (Phi) is 8.33. The Hall–Kier alpha value is -0.370. The van der Waals surface area contributed by atoms with Crippen molar-refractivity contribution in [2.24, 2.45) is 0 Å². The van der Waals surface area contributed by atoms with E-state index >= 15 is 0 Å². The second-order valence-corrected chi connectivity index (χ2v) is 5.39. The highest BCUT2D eigenvalue weighted by atomic mass is 16.1. The molecule has 17 heavy (non-hydrogen) atoms. The van der Waals surface area contributed by atoms with E-state index in [1.807, 2.05) is 0 Å². The van der Waals surface area contributed by atoms with Gasteiger partial charge in [0.25, 0.3) is 0 Å². The molecule has 1 aliphatic rings. The van der Waals surface area contributed by atoms with Crippen LogP contribution >= 0.6 is 0 Å². The molecule has 2 heteroatoms. The normalized spacial score (nSPS) is 22.2. The van der Waals surface area contributed by atoms with Crippen LogP contribution in [0.5, 0.6) is 0 Å². The van der Waals surface area contributed by atoms with Crippen molar-refractivity contribution in [3.05, 3.63) is 0 Å². The van der Waals surface area contributed by atoms with E-state index in [4.69, 9.17) is 0 Å². The number of carbonyl (C=O) groups is 1. The Morgan fingerprint density at radius 2 is 1.88 bits per heavy atom. The van der Waals surface area contributed by atoms with Gasteiger partial charge in [0.2, 0.25) is 0 Å². The molecule has 0 aromatic rings. The zero-order valence-electron chi connectivity index (χ0n) is 11.5. The molecule has 1 aliphatic heterocycles. The maximum atomic E-state index is 11.4. The highest BCUT2D eigenvalue weighted by Gasteiger charge is 2.13. The van der Waals surface area contributed by atoms with Crippen LogP contribution in [0.15, 0.2) is 0 Å². The number of Topliss-reactive ketones (excluding diaryl/α,β-unsaturated/α-hetero) is 1. The van der Waals surface area contributed by atoms with Crippen LogP contribution in [0.3, 0.4) is 0 Å². The van der Waals surface area contributed by atoms with Crippen LogP contribution in [-0.4, -0.2) is 18.4 Å². The average molecular weight is 239 g/mol. The van der Waals surface area contributed by atoms with Gasteiger partial charge in [-0.1, -0.05) is 45.4 Å². The van der Waals surface area contributed by atoms with Crippen LogP contribution in [0.25, 0.3) is 0 Å². The third-order valence-electron chi connectivity index (χ3n) is 3.74. The van der Waals surface area contributed by atoms with E-state index in [2.05, 4.69) is 12.2 Å². The molecule has 1 unspecified atom stereocenters. The molecular formula is C15H29NO. The minimum atomic E-state index is 0.472. The molecule has 0 radical (unpaired) electrons. The van der Waals surface area contributed by atoms with Gasteiger partial charge in [-0.25, -0.2) is 0 Å². The first-order valence-corrected chi connectivity index (χ1v) is 7.58. The Bertz CT molecular complexity index is 203. The van der Waals surface area contributed by atoms with E-state index in [0.29, 0.717) is 11.8 Å². The van der Waals surface area contributed by atoms with Gasteiger partial charge < -0.3 is 5.32 Å². The lowest BCUT2D eigenvalue weighted by molar-refractivity contribution is -0.119. The van der Waals surface area contributed by atoms with Crippen LogP contribution in [0.1, 0.15) is 77.6 Å². The molecule has 0 aliphatic carbocycles. The molecule has 0 saturated carbocycles. The highest BCUT2D eigenvalue weighted by Crippen LogP contribution is 2.14. The van der Waals surface area contributed by atoms with Gasteiger partial charge in [0, 0.05) is 18.9 Å². The quantitative estimate of drug-likeness (QED) is 0.684. The molecule has 100 valence electrons. The van der Waals surface area contributed by atoms with Crippen molar-refractivity contribution in [3.8, 4) is 0 Å². The molecule has 0 spiro atoms. The SMILES string of the molecule is CCCCCCCCC1CCC(=O)CCCN1. The topological polar surface area (TPSA) is 29.1 Å². The predicted octanol–water partition coefficient (Wildman–Crippen LogP) is 3.84. The average Bonchev–Trinajstić information content (AvgIpc) is 2.31. The molecule has 1 atom stereocenters. The molecule has 0 amide bonds. The van der Waals surface area contributed by atoms with Crippen molar-refractivity contribution in [2.45, 2.75) is 83.6 Å². The Morgan fingerprint density at radius 1 is 1.12 bits per heavy atom. The van der Waals surface area contributed by atoms with E-state index in [1.54, 1.807) is 0 Å². The second-order valence-electron chi connectivity index (χ2n) is 5.39. The van der Waals surface area contributed by atoms with Crippen molar-refractivity contribution >= 4 is 5.78 Å². The van der Waals surface area contributed by atoms with Gasteiger partial charge in [0.05, 0.1) is 0 Å². The van der Waals surface area contributed by atoms with E-state index < -0.39 is 0 Å². The lowest BCUT2D eigenvalue weighted by atomic mass is 9.98. The van der Waals surface area contributed by atoms with Gasteiger partial charge in [0.15, 0.2) is 0 Å². The Morgan fingerprint density at radius 3 is 2.71 bits per heavy atom. The van der Waals surface area contributed by atoms with Gasteiger partial charge in [-0.3, -0.25) is 4.79 Å². The summed E-state index contributed by atoms with van der Waals surface area (Å²) in [4.78, 5) is 11.4. The fraction of sp³-hybridized carbons (Fsp3) is 0.933. The number of unbranched alkanes of at least 4 members (excludes halogenated alkanes) is 5. The number of nitrogens with one attached hydrogen (secondary N) is 1. The van der Waals surface area contributed by atoms with Gasteiger partial charge in [-0.15, -0.1) is 0 Å². The molecule has 1 saturated heterocycles.